The number of rotatable bonds is 5. The van der Waals surface area contributed by atoms with Crippen LogP contribution in [0.2, 0.25) is 0 Å². The minimum Gasteiger partial charge on any atom is -0.480 e. The maximum absolute atomic E-state index is 13.4. The quantitative estimate of drug-likeness (QED) is 0.779. The van der Waals surface area contributed by atoms with Crippen LogP contribution in [0.15, 0.2) is 12.1 Å². The van der Waals surface area contributed by atoms with Crippen molar-refractivity contribution in [2.45, 2.75) is 0 Å². The van der Waals surface area contributed by atoms with Gasteiger partial charge in [0.05, 0.1) is 5.56 Å². The number of carbonyl (C=O) groups is 3. The van der Waals surface area contributed by atoms with E-state index in [-0.39, 0.29) is 4.90 Å². The fraction of sp³-hybridized carbons (Fsp3) is 0.182. The number of hydrogen-bond donors (Lipinski definition) is 2. The summed E-state index contributed by atoms with van der Waals surface area (Å²) >= 11 is 0. The van der Waals surface area contributed by atoms with E-state index in [4.69, 9.17) is 10.2 Å². The number of aliphatic carboxylic acids is 2. The minimum atomic E-state index is -1.90. The van der Waals surface area contributed by atoms with Crippen LogP contribution in [0, 0.1) is 17.5 Å². The van der Waals surface area contributed by atoms with E-state index in [0.29, 0.717) is 12.1 Å². The van der Waals surface area contributed by atoms with Gasteiger partial charge in [-0.2, -0.15) is 0 Å². The van der Waals surface area contributed by atoms with Gasteiger partial charge in [-0.1, -0.05) is 0 Å². The average molecular weight is 291 g/mol. The molecular formula is C11H8F3NO5. The maximum atomic E-state index is 13.4. The number of amides is 1. The molecule has 108 valence electrons. The van der Waals surface area contributed by atoms with E-state index < -0.39 is 54.0 Å². The highest BCUT2D eigenvalue weighted by molar-refractivity contribution is 5.97. The SMILES string of the molecule is O=C(O)CN(CC(=O)O)C(=O)c1ccc(F)c(F)c1F. The molecule has 6 nitrogen and oxygen atoms in total. The van der Waals surface area contributed by atoms with Gasteiger partial charge in [-0.15, -0.1) is 0 Å². The van der Waals surface area contributed by atoms with Gasteiger partial charge in [0.25, 0.3) is 5.91 Å². The molecule has 0 aromatic heterocycles. The molecule has 0 aliphatic heterocycles. The molecule has 9 heteroatoms. The summed E-state index contributed by atoms with van der Waals surface area (Å²) in [5.41, 5.74) is -0.952. The largest absolute Gasteiger partial charge is 0.480 e. The number of carboxylic acids is 2. The van der Waals surface area contributed by atoms with Crippen LogP contribution in [0.5, 0.6) is 0 Å². The van der Waals surface area contributed by atoms with Gasteiger partial charge in [-0.05, 0) is 12.1 Å². The van der Waals surface area contributed by atoms with Gasteiger partial charge in [0.1, 0.15) is 13.1 Å². The monoisotopic (exact) mass is 291 g/mol. The topological polar surface area (TPSA) is 94.9 Å². The minimum absolute atomic E-state index is 0.278. The van der Waals surface area contributed by atoms with Gasteiger partial charge in [0.2, 0.25) is 0 Å². The Balaban J connectivity index is 3.15. The lowest BCUT2D eigenvalue weighted by atomic mass is 10.1. The first-order chi connectivity index (χ1) is 9.23. The Morgan fingerprint density at radius 1 is 0.950 bits per heavy atom. The molecule has 0 atom stereocenters. The molecule has 0 heterocycles. The van der Waals surface area contributed by atoms with Gasteiger partial charge >= 0.3 is 11.9 Å². The summed E-state index contributed by atoms with van der Waals surface area (Å²) in [5.74, 6) is -9.68. The molecule has 2 N–H and O–H groups in total. The third-order valence-electron chi connectivity index (χ3n) is 2.21. The first kappa shape index (κ1) is 15.5. The molecule has 0 bridgehead atoms. The highest BCUT2D eigenvalue weighted by atomic mass is 19.2. The van der Waals surface area contributed by atoms with Crippen molar-refractivity contribution in [2.75, 3.05) is 13.1 Å². The summed E-state index contributed by atoms with van der Waals surface area (Å²) in [6.45, 7) is -2.05. The Bertz CT molecular complexity index is 559. The number of carbonyl (C=O) groups excluding carboxylic acids is 1. The van der Waals surface area contributed by atoms with Gasteiger partial charge in [-0.3, -0.25) is 14.4 Å². The van der Waals surface area contributed by atoms with E-state index in [1.807, 2.05) is 0 Å². The van der Waals surface area contributed by atoms with Gasteiger partial charge in [-0.25, -0.2) is 13.2 Å². The van der Waals surface area contributed by atoms with Crippen LogP contribution in [0.3, 0.4) is 0 Å². The predicted molar refractivity (Wildman–Crippen MR) is 57.5 cm³/mol. The Labute approximate surface area is 110 Å². The van der Waals surface area contributed by atoms with Crippen LogP contribution in [0.4, 0.5) is 13.2 Å². The molecule has 0 fully saturated rings. The summed E-state index contributed by atoms with van der Waals surface area (Å²) in [6, 6.07) is 1.08. The zero-order chi connectivity index (χ0) is 15.4. The van der Waals surface area contributed by atoms with Crippen molar-refractivity contribution in [3.05, 3.63) is 35.1 Å². The molecule has 0 saturated heterocycles. The highest BCUT2D eigenvalue weighted by Crippen LogP contribution is 2.17. The normalized spacial score (nSPS) is 10.2. The van der Waals surface area contributed by atoms with Crippen molar-refractivity contribution in [3.63, 3.8) is 0 Å². The molecule has 0 aliphatic carbocycles. The molecule has 0 spiro atoms. The Hall–Kier alpha value is -2.58. The van der Waals surface area contributed by atoms with Crippen LogP contribution in [-0.4, -0.2) is 46.0 Å². The van der Waals surface area contributed by atoms with Crippen LogP contribution in [0.25, 0.3) is 0 Å². The van der Waals surface area contributed by atoms with E-state index in [2.05, 4.69) is 0 Å². The molecule has 1 amide bonds. The van der Waals surface area contributed by atoms with Crippen LogP contribution >= 0.6 is 0 Å². The summed E-state index contributed by atoms with van der Waals surface area (Å²) in [5, 5.41) is 17.1. The molecule has 20 heavy (non-hydrogen) atoms. The number of nitrogens with zero attached hydrogens (tertiary/aromatic N) is 1. The first-order valence-corrected chi connectivity index (χ1v) is 5.10. The molecule has 1 rings (SSSR count). The molecule has 1 aromatic carbocycles. The zero-order valence-electron chi connectivity index (χ0n) is 9.77. The van der Waals surface area contributed by atoms with Gasteiger partial charge in [0.15, 0.2) is 17.5 Å². The molecule has 0 saturated carbocycles. The molecule has 1 aromatic rings. The number of halogens is 3. The van der Waals surface area contributed by atoms with E-state index in [1.165, 1.54) is 0 Å². The van der Waals surface area contributed by atoms with Crippen molar-refractivity contribution in [2.24, 2.45) is 0 Å². The van der Waals surface area contributed by atoms with E-state index in [9.17, 15) is 27.6 Å². The van der Waals surface area contributed by atoms with Crippen molar-refractivity contribution < 1.29 is 37.8 Å². The number of carboxylic acid groups (broad SMARTS) is 2. The van der Waals surface area contributed by atoms with Gasteiger partial charge < -0.3 is 15.1 Å². The smallest absolute Gasteiger partial charge is 0.323 e. The third kappa shape index (κ3) is 3.46. The molecule has 0 aliphatic rings. The van der Waals surface area contributed by atoms with Crippen molar-refractivity contribution in [3.8, 4) is 0 Å². The molecular weight excluding hydrogens is 283 g/mol. The second-order valence-corrected chi connectivity index (χ2v) is 3.67. The summed E-state index contributed by atoms with van der Waals surface area (Å²) < 4.78 is 39.1. The number of hydrogen-bond acceptors (Lipinski definition) is 3. The standard InChI is InChI=1S/C11H8F3NO5/c12-6-2-1-5(9(13)10(6)14)11(20)15(3-7(16)17)4-8(18)19/h1-2H,3-4H2,(H,16,17)(H,18,19). The number of benzene rings is 1. The fourth-order valence-electron chi connectivity index (χ4n) is 1.39. The average Bonchev–Trinajstić information content (AvgIpc) is 2.33. The van der Waals surface area contributed by atoms with E-state index >= 15 is 0 Å². The zero-order valence-corrected chi connectivity index (χ0v) is 9.77. The Morgan fingerprint density at radius 2 is 1.45 bits per heavy atom. The van der Waals surface area contributed by atoms with Crippen molar-refractivity contribution >= 4 is 17.8 Å². The van der Waals surface area contributed by atoms with Gasteiger partial charge in [0, 0.05) is 0 Å². The fourth-order valence-corrected chi connectivity index (χ4v) is 1.39. The van der Waals surface area contributed by atoms with Crippen LogP contribution in [-0.2, 0) is 9.59 Å². The predicted octanol–water partition coefficient (Wildman–Crippen LogP) is 0.715. The lowest BCUT2D eigenvalue weighted by molar-refractivity contribution is -0.140. The van der Waals surface area contributed by atoms with E-state index in [1.54, 1.807) is 0 Å². The Kier molecular flexibility index (Phi) is 4.68. The molecule has 0 radical (unpaired) electrons. The lowest BCUT2D eigenvalue weighted by Gasteiger charge is -2.18. The first-order valence-electron chi connectivity index (χ1n) is 5.10. The Morgan fingerprint density at radius 3 is 1.90 bits per heavy atom. The summed E-state index contributed by atoms with van der Waals surface area (Å²) in [4.78, 5) is 33.1. The maximum Gasteiger partial charge on any atom is 0.323 e. The third-order valence-corrected chi connectivity index (χ3v) is 2.21. The van der Waals surface area contributed by atoms with Crippen LogP contribution in [0.1, 0.15) is 10.4 Å². The summed E-state index contributed by atoms with van der Waals surface area (Å²) in [6.07, 6.45) is 0. The second-order valence-electron chi connectivity index (χ2n) is 3.67. The lowest BCUT2D eigenvalue weighted by Crippen LogP contribution is -2.39. The highest BCUT2D eigenvalue weighted by Gasteiger charge is 2.26. The van der Waals surface area contributed by atoms with E-state index in [0.717, 1.165) is 0 Å². The second kappa shape index (κ2) is 6.04. The van der Waals surface area contributed by atoms with Crippen LogP contribution < -0.4 is 0 Å². The summed E-state index contributed by atoms with van der Waals surface area (Å²) in [7, 11) is 0. The van der Waals surface area contributed by atoms with Crippen molar-refractivity contribution in [1.82, 2.24) is 4.90 Å². The molecule has 0 unspecified atom stereocenters. The van der Waals surface area contributed by atoms with Crippen molar-refractivity contribution in [1.29, 1.82) is 0 Å².